The van der Waals surface area contributed by atoms with Crippen LogP contribution >= 0.6 is 11.5 Å². The van der Waals surface area contributed by atoms with Crippen LogP contribution in [0.5, 0.6) is 0 Å². The highest BCUT2D eigenvalue weighted by atomic mass is 32.1. The zero-order valence-electron chi connectivity index (χ0n) is 10.1. The predicted octanol–water partition coefficient (Wildman–Crippen LogP) is 2.09. The van der Waals surface area contributed by atoms with Crippen molar-refractivity contribution in [2.75, 3.05) is 5.73 Å². The molecule has 0 aliphatic heterocycles. The molecule has 0 aliphatic rings. The molecule has 0 fully saturated rings. The van der Waals surface area contributed by atoms with E-state index in [0.717, 1.165) is 30.4 Å². The Hall–Kier alpha value is -1.82. The van der Waals surface area contributed by atoms with Crippen molar-refractivity contribution in [3.05, 3.63) is 28.7 Å². The molecule has 18 heavy (non-hydrogen) atoms. The number of para-hydroxylation sites is 1. The number of benzene rings is 1. The minimum absolute atomic E-state index is 0.0381. The monoisotopic (exact) mass is 262 g/mol. The lowest BCUT2D eigenvalue weighted by Gasteiger charge is -1.97. The summed E-state index contributed by atoms with van der Waals surface area (Å²) in [6, 6.07) is 5.52. The molecular weight excluding hydrogens is 248 g/mol. The van der Waals surface area contributed by atoms with E-state index in [1.165, 1.54) is 11.5 Å². The van der Waals surface area contributed by atoms with Crippen LogP contribution < -0.4 is 11.4 Å². The zero-order valence-corrected chi connectivity index (χ0v) is 10.9. The fraction of sp³-hybridized carbons (Fsp3) is 0.333. The fourth-order valence-electron chi connectivity index (χ4n) is 2.06. The number of hydrogen-bond acceptors (Lipinski definition) is 4. The SMILES string of the molecule is CCCCn1sc2nc3cccc(N)c3n2c1=O. The average molecular weight is 262 g/mol. The minimum atomic E-state index is -0.0381. The maximum atomic E-state index is 12.3. The van der Waals surface area contributed by atoms with E-state index in [0.29, 0.717) is 10.6 Å². The summed E-state index contributed by atoms with van der Waals surface area (Å²) in [4.78, 5) is 17.5. The molecule has 0 saturated heterocycles. The molecule has 0 unspecified atom stereocenters. The molecule has 1 aromatic carbocycles. The van der Waals surface area contributed by atoms with E-state index in [2.05, 4.69) is 11.9 Å². The summed E-state index contributed by atoms with van der Waals surface area (Å²) < 4.78 is 3.36. The van der Waals surface area contributed by atoms with Crippen molar-refractivity contribution in [3.8, 4) is 0 Å². The van der Waals surface area contributed by atoms with Gasteiger partial charge in [-0.05, 0) is 30.1 Å². The van der Waals surface area contributed by atoms with Gasteiger partial charge in [0.1, 0.15) is 5.52 Å². The van der Waals surface area contributed by atoms with Gasteiger partial charge < -0.3 is 5.73 Å². The van der Waals surface area contributed by atoms with Crippen molar-refractivity contribution in [2.45, 2.75) is 26.3 Å². The lowest BCUT2D eigenvalue weighted by molar-refractivity contribution is 0.646. The summed E-state index contributed by atoms with van der Waals surface area (Å²) in [7, 11) is 0. The van der Waals surface area contributed by atoms with Crippen LogP contribution in [0.2, 0.25) is 0 Å². The van der Waals surface area contributed by atoms with Crippen LogP contribution in [0.1, 0.15) is 19.8 Å². The molecule has 0 radical (unpaired) electrons. The molecule has 94 valence electrons. The first-order valence-electron chi connectivity index (χ1n) is 5.99. The molecule has 3 rings (SSSR count). The first kappa shape index (κ1) is 11.3. The number of nitrogens with zero attached hydrogens (tertiary/aromatic N) is 3. The minimum Gasteiger partial charge on any atom is -0.397 e. The van der Waals surface area contributed by atoms with Gasteiger partial charge in [0.2, 0.25) is 4.96 Å². The molecule has 0 atom stereocenters. The molecule has 0 amide bonds. The third-order valence-electron chi connectivity index (χ3n) is 2.99. The highest BCUT2D eigenvalue weighted by Crippen LogP contribution is 2.23. The smallest absolute Gasteiger partial charge is 0.344 e. The number of hydrogen-bond donors (Lipinski definition) is 1. The van der Waals surface area contributed by atoms with Crippen molar-refractivity contribution in [1.29, 1.82) is 0 Å². The molecule has 0 saturated carbocycles. The molecule has 0 spiro atoms. The molecule has 2 N–H and O–H groups in total. The Balaban J connectivity index is 2.30. The van der Waals surface area contributed by atoms with Crippen LogP contribution in [0.4, 0.5) is 5.69 Å². The van der Waals surface area contributed by atoms with Crippen LogP contribution in [0.3, 0.4) is 0 Å². The molecule has 2 aromatic heterocycles. The van der Waals surface area contributed by atoms with Crippen molar-refractivity contribution >= 4 is 33.2 Å². The van der Waals surface area contributed by atoms with Gasteiger partial charge in [0.15, 0.2) is 0 Å². The Morgan fingerprint density at radius 3 is 3.06 bits per heavy atom. The van der Waals surface area contributed by atoms with Gasteiger partial charge in [0.25, 0.3) is 0 Å². The van der Waals surface area contributed by atoms with E-state index in [9.17, 15) is 4.79 Å². The summed E-state index contributed by atoms with van der Waals surface area (Å²) in [5, 5.41) is 0. The highest BCUT2D eigenvalue weighted by molar-refractivity contribution is 7.11. The first-order valence-corrected chi connectivity index (χ1v) is 6.76. The van der Waals surface area contributed by atoms with Crippen LogP contribution in [0.15, 0.2) is 23.0 Å². The lowest BCUT2D eigenvalue weighted by Crippen LogP contribution is -2.19. The van der Waals surface area contributed by atoms with Crippen molar-refractivity contribution < 1.29 is 0 Å². The van der Waals surface area contributed by atoms with Crippen molar-refractivity contribution in [1.82, 2.24) is 13.3 Å². The van der Waals surface area contributed by atoms with Gasteiger partial charge in [0, 0.05) is 6.54 Å². The summed E-state index contributed by atoms with van der Waals surface area (Å²) in [5.74, 6) is 0. The molecule has 2 heterocycles. The zero-order chi connectivity index (χ0) is 12.7. The number of imidazole rings is 1. The predicted molar refractivity (Wildman–Crippen MR) is 74.2 cm³/mol. The highest BCUT2D eigenvalue weighted by Gasteiger charge is 2.14. The quantitative estimate of drug-likeness (QED) is 0.735. The number of fused-ring (bicyclic) bond motifs is 3. The summed E-state index contributed by atoms with van der Waals surface area (Å²) >= 11 is 1.40. The van der Waals surface area contributed by atoms with Gasteiger partial charge in [-0.2, -0.15) is 0 Å². The number of aromatic nitrogens is 3. The van der Waals surface area contributed by atoms with E-state index in [-0.39, 0.29) is 5.69 Å². The van der Waals surface area contributed by atoms with E-state index in [4.69, 9.17) is 5.73 Å². The van der Waals surface area contributed by atoms with Crippen LogP contribution in [0, 0.1) is 0 Å². The third-order valence-corrected chi connectivity index (χ3v) is 3.98. The van der Waals surface area contributed by atoms with Gasteiger partial charge in [0.05, 0.1) is 11.2 Å². The summed E-state index contributed by atoms with van der Waals surface area (Å²) in [6.07, 6.45) is 2.06. The Morgan fingerprint density at radius 2 is 2.28 bits per heavy atom. The Morgan fingerprint density at radius 1 is 1.44 bits per heavy atom. The second-order valence-corrected chi connectivity index (χ2v) is 5.26. The van der Waals surface area contributed by atoms with Crippen LogP contribution in [0.25, 0.3) is 16.0 Å². The van der Waals surface area contributed by atoms with Gasteiger partial charge in [-0.25, -0.2) is 18.1 Å². The van der Waals surface area contributed by atoms with Crippen LogP contribution in [-0.4, -0.2) is 13.3 Å². The average Bonchev–Trinajstić information content (AvgIpc) is 2.85. The number of aryl methyl sites for hydroxylation is 1. The van der Waals surface area contributed by atoms with Gasteiger partial charge in [-0.3, -0.25) is 0 Å². The molecule has 3 aromatic rings. The summed E-state index contributed by atoms with van der Waals surface area (Å²) in [5.41, 5.74) is 8.00. The Kier molecular flexibility index (Phi) is 2.59. The Labute approximate surface area is 108 Å². The van der Waals surface area contributed by atoms with Crippen molar-refractivity contribution in [2.24, 2.45) is 0 Å². The number of anilines is 1. The van der Waals surface area contributed by atoms with Gasteiger partial charge in [-0.1, -0.05) is 19.4 Å². The van der Waals surface area contributed by atoms with E-state index in [1.807, 2.05) is 12.1 Å². The largest absolute Gasteiger partial charge is 0.397 e. The van der Waals surface area contributed by atoms with Gasteiger partial charge >= 0.3 is 5.69 Å². The number of nitrogen functional groups attached to an aromatic ring is 1. The second kappa shape index (κ2) is 4.13. The van der Waals surface area contributed by atoms with Crippen LogP contribution in [-0.2, 0) is 6.54 Å². The lowest BCUT2D eigenvalue weighted by atomic mass is 10.3. The standard InChI is InChI=1S/C12H14N4OS/c1-2-3-7-15-12(17)16-10-8(13)5-4-6-9(10)14-11(16)18-15/h4-6H,2-3,7,13H2,1H3. The molecule has 5 nitrogen and oxygen atoms in total. The Bertz CT molecular complexity index is 767. The van der Waals surface area contributed by atoms with Crippen molar-refractivity contribution in [3.63, 3.8) is 0 Å². The molecular formula is C12H14N4OS. The second-order valence-electron chi connectivity index (χ2n) is 4.27. The molecule has 0 bridgehead atoms. The number of rotatable bonds is 3. The number of unbranched alkanes of at least 4 members (excludes halogenated alkanes) is 1. The normalized spacial score (nSPS) is 11.6. The summed E-state index contributed by atoms with van der Waals surface area (Å²) in [6.45, 7) is 2.86. The van der Waals surface area contributed by atoms with E-state index in [1.54, 1.807) is 14.4 Å². The number of nitrogens with two attached hydrogens (primary N) is 1. The maximum Gasteiger partial charge on any atom is 0.344 e. The maximum absolute atomic E-state index is 12.3. The topological polar surface area (TPSA) is 65.3 Å². The first-order chi connectivity index (χ1) is 8.72. The molecule has 0 aliphatic carbocycles. The van der Waals surface area contributed by atoms with E-state index < -0.39 is 0 Å². The third kappa shape index (κ3) is 1.53. The van der Waals surface area contributed by atoms with Gasteiger partial charge in [-0.15, -0.1) is 0 Å². The van der Waals surface area contributed by atoms with E-state index >= 15 is 0 Å². The fourth-order valence-corrected chi connectivity index (χ4v) is 3.03. The molecule has 6 heteroatoms.